The Morgan fingerprint density at radius 3 is 2.39 bits per heavy atom. The quantitative estimate of drug-likeness (QED) is 0.187. The first kappa shape index (κ1) is 28.0. The Morgan fingerprint density at radius 1 is 1.07 bits per heavy atom. The maximum atomic E-state index is 15.4. The first-order valence-electron chi connectivity index (χ1n) is 12.5. The Balaban J connectivity index is 1.53. The third-order valence-electron chi connectivity index (χ3n) is 6.37. The molecule has 1 N–H and O–H groups in total. The molecular weight excluding hydrogens is 559 g/mol. The van der Waals surface area contributed by atoms with Crippen molar-refractivity contribution in [3.05, 3.63) is 90.1 Å². The first-order chi connectivity index (χ1) is 19.5. The number of aromatic nitrogens is 4. The van der Waals surface area contributed by atoms with Crippen molar-refractivity contribution in [3.8, 4) is 22.8 Å². The molecule has 0 fully saturated rings. The molecule has 0 aliphatic rings. The molecule has 5 rings (SSSR count). The summed E-state index contributed by atoms with van der Waals surface area (Å²) in [5.41, 5.74) is -0.665. The molecule has 0 aliphatic heterocycles. The van der Waals surface area contributed by atoms with Gasteiger partial charge in [0, 0.05) is 34.5 Å². The van der Waals surface area contributed by atoms with Crippen LogP contribution in [-0.2, 0) is 6.54 Å². The Labute approximate surface area is 238 Å². The largest absolute Gasteiger partial charge is 0.497 e. The number of nitrogens with zero attached hydrogens (tertiary/aromatic N) is 4. The summed E-state index contributed by atoms with van der Waals surface area (Å²) in [5, 5.41) is 6.99. The van der Waals surface area contributed by atoms with Gasteiger partial charge in [0.2, 0.25) is 0 Å². The lowest BCUT2D eigenvalue weighted by Crippen LogP contribution is -2.16. The number of anilines is 1. The number of carbonyl (C=O) groups excluding carboxylic acids is 1. The number of halogens is 4. The molecule has 0 unspecified atom stereocenters. The Bertz CT molecular complexity index is 1690. The summed E-state index contributed by atoms with van der Waals surface area (Å²) < 4.78 is 54.2. The smallest absolute Gasteiger partial charge is 0.487 e. The van der Waals surface area contributed by atoms with E-state index in [1.54, 1.807) is 25.6 Å². The van der Waals surface area contributed by atoms with Crippen LogP contribution in [0.3, 0.4) is 0 Å². The third kappa shape index (κ3) is 6.14. The molecule has 41 heavy (non-hydrogen) atoms. The van der Waals surface area contributed by atoms with E-state index >= 15 is 4.39 Å². The zero-order valence-electron chi connectivity index (χ0n) is 22.2. The van der Waals surface area contributed by atoms with Gasteiger partial charge in [0.1, 0.15) is 17.2 Å². The van der Waals surface area contributed by atoms with Crippen molar-refractivity contribution < 1.29 is 27.4 Å². The van der Waals surface area contributed by atoms with Crippen molar-refractivity contribution in [3.63, 3.8) is 0 Å². The van der Waals surface area contributed by atoms with Crippen molar-refractivity contribution in [2.24, 2.45) is 0 Å². The SMILES string of the molecule is COc1ccc(Cn2ncc(F)c2-c2cc(C(=O)Nc3ccc(OC(F)(F)Cl)cc3)cc3ncn(C(C)C)c23)cc1. The van der Waals surface area contributed by atoms with Gasteiger partial charge in [-0.25, -0.2) is 9.37 Å². The lowest BCUT2D eigenvalue weighted by Gasteiger charge is -2.15. The van der Waals surface area contributed by atoms with Crippen LogP contribution in [0.1, 0.15) is 35.8 Å². The molecule has 12 heteroatoms. The van der Waals surface area contributed by atoms with Crippen LogP contribution in [0.25, 0.3) is 22.3 Å². The molecule has 0 spiro atoms. The molecule has 0 atom stereocenters. The van der Waals surface area contributed by atoms with Crippen LogP contribution in [0.5, 0.6) is 11.5 Å². The predicted octanol–water partition coefficient (Wildman–Crippen LogP) is 7.10. The van der Waals surface area contributed by atoms with Crippen molar-refractivity contribution in [1.29, 1.82) is 0 Å². The topological polar surface area (TPSA) is 83.2 Å². The molecule has 2 aromatic heterocycles. The summed E-state index contributed by atoms with van der Waals surface area (Å²) in [6.45, 7) is 4.22. The maximum Gasteiger partial charge on any atom is 0.487 e. The summed E-state index contributed by atoms with van der Waals surface area (Å²) >= 11 is 4.81. The van der Waals surface area contributed by atoms with Crippen molar-refractivity contribution >= 4 is 34.2 Å². The number of alkyl halides is 3. The van der Waals surface area contributed by atoms with E-state index < -0.39 is 17.3 Å². The summed E-state index contributed by atoms with van der Waals surface area (Å²) in [7, 11) is 1.58. The molecule has 0 radical (unpaired) electrons. The second kappa shape index (κ2) is 11.2. The van der Waals surface area contributed by atoms with E-state index in [2.05, 4.69) is 20.1 Å². The van der Waals surface area contributed by atoms with Gasteiger partial charge in [0.25, 0.3) is 5.91 Å². The molecule has 0 saturated carbocycles. The monoisotopic (exact) mass is 583 g/mol. The highest BCUT2D eigenvalue weighted by atomic mass is 35.5. The molecule has 1 amide bonds. The molecule has 212 valence electrons. The predicted molar refractivity (Wildman–Crippen MR) is 149 cm³/mol. The van der Waals surface area contributed by atoms with Gasteiger partial charge in [-0.3, -0.25) is 9.48 Å². The van der Waals surface area contributed by atoms with Crippen LogP contribution < -0.4 is 14.8 Å². The standard InChI is InChI=1S/C29H25ClF3N5O3/c1-17(2)37-16-34-25-13-19(28(39)36-20-6-10-22(11-7-20)41-29(30,32)33)12-23(27(25)37)26-24(31)14-35-38(26)15-18-4-8-21(40-3)9-5-18/h4-14,16-17H,15H2,1-3H3,(H,36,39). The molecule has 3 aromatic carbocycles. The van der Waals surface area contributed by atoms with Gasteiger partial charge < -0.3 is 19.4 Å². The zero-order valence-corrected chi connectivity index (χ0v) is 23.0. The highest BCUT2D eigenvalue weighted by molar-refractivity contribution is 6.20. The second-order valence-corrected chi connectivity index (χ2v) is 9.95. The number of ether oxygens (including phenoxy) is 2. The summed E-state index contributed by atoms with van der Waals surface area (Å²) in [4.78, 5) is 17.8. The van der Waals surface area contributed by atoms with Crippen molar-refractivity contribution in [2.45, 2.75) is 32.0 Å². The van der Waals surface area contributed by atoms with E-state index in [-0.39, 0.29) is 29.6 Å². The molecular formula is C29H25ClF3N5O3. The lowest BCUT2D eigenvalue weighted by atomic mass is 10.0. The Morgan fingerprint density at radius 2 is 1.76 bits per heavy atom. The summed E-state index contributed by atoms with van der Waals surface area (Å²) in [5.74, 6) is -0.543. The number of amides is 1. The Kier molecular flexibility index (Phi) is 7.63. The number of methoxy groups -OCH3 is 1. The van der Waals surface area contributed by atoms with Gasteiger partial charge in [0.15, 0.2) is 5.82 Å². The van der Waals surface area contributed by atoms with Gasteiger partial charge in [0.05, 0.1) is 37.2 Å². The number of hydrogen-bond acceptors (Lipinski definition) is 5. The van der Waals surface area contributed by atoms with E-state index in [9.17, 15) is 13.6 Å². The number of benzene rings is 3. The molecule has 2 heterocycles. The van der Waals surface area contributed by atoms with Crippen LogP contribution >= 0.6 is 11.6 Å². The van der Waals surface area contributed by atoms with Gasteiger partial charge in [-0.15, -0.1) is 8.78 Å². The highest BCUT2D eigenvalue weighted by Gasteiger charge is 2.27. The van der Waals surface area contributed by atoms with Gasteiger partial charge in [-0.1, -0.05) is 12.1 Å². The average molecular weight is 584 g/mol. The van der Waals surface area contributed by atoms with Crippen molar-refractivity contribution in [2.75, 3.05) is 12.4 Å². The number of rotatable bonds is 9. The minimum atomic E-state index is -3.86. The van der Waals surface area contributed by atoms with Gasteiger partial charge in [-0.05, 0) is 67.9 Å². The van der Waals surface area contributed by atoms with Crippen molar-refractivity contribution in [1.82, 2.24) is 19.3 Å². The molecule has 0 aliphatic carbocycles. The van der Waals surface area contributed by atoms with Gasteiger partial charge >= 0.3 is 5.57 Å². The molecule has 8 nitrogen and oxygen atoms in total. The molecule has 0 bridgehead atoms. The molecule has 0 saturated heterocycles. The lowest BCUT2D eigenvalue weighted by molar-refractivity contribution is -0.0964. The van der Waals surface area contributed by atoms with E-state index in [0.29, 0.717) is 28.0 Å². The van der Waals surface area contributed by atoms with Gasteiger partial charge in [-0.2, -0.15) is 5.10 Å². The zero-order chi connectivity index (χ0) is 29.3. The maximum absolute atomic E-state index is 15.4. The number of fused-ring (bicyclic) bond motifs is 1. The number of hydrogen-bond donors (Lipinski definition) is 1. The number of imidazole rings is 1. The highest BCUT2D eigenvalue weighted by Crippen LogP contribution is 2.34. The number of nitrogens with one attached hydrogen (secondary N) is 1. The minimum Gasteiger partial charge on any atom is -0.497 e. The van der Waals surface area contributed by atoms with Crippen LogP contribution in [0.2, 0.25) is 0 Å². The first-order valence-corrected chi connectivity index (χ1v) is 12.9. The van der Waals surface area contributed by atoms with Crippen LogP contribution in [0.4, 0.5) is 18.9 Å². The van der Waals surface area contributed by atoms with E-state index in [4.69, 9.17) is 16.3 Å². The Hall–Kier alpha value is -4.51. The van der Waals surface area contributed by atoms with E-state index in [1.807, 2.05) is 42.7 Å². The second-order valence-electron chi connectivity index (χ2n) is 9.51. The van der Waals surface area contributed by atoms with E-state index in [0.717, 1.165) is 11.8 Å². The van der Waals surface area contributed by atoms with E-state index in [1.165, 1.54) is 28.9 Å². The normalized spacial score (nSPS) is 11.7. The fourth-order valence-electron chi connectivity index (χ4n) is 4.47. The fourth-order valence-corrected chi connectivity index (χ4v) is 4.56. The average Bonchev–Trinajstić information content (AvgIpc) is 3.52. The van der Waals surface area contributed by atoms with Crippen LogP contribution in [0.15, 0.2) is 73.2 Å². The summed E-state index contributed by atoms with van der Waals surface area (Å²) in [6, 6.07) is 15.8. The number of carbonyl (C=O) groups is 1. The summed E-state index contributed by atoms with van der Waals surface area (Å²) in [6.07, 6.45) is 2.79. The fraction of sp³-hybridized carbons (Fsp3) is 0.207. The third-order valence-corrected chi connectivity index (χ3v) is 6.45. The van der Waals surface area contributed by atoms with Crippen LogP contribution in [0, 0.1) is 5.82 Å². The van der Waals surface area contributed by atoms with Crippen LogP contribution in [-0.4, -0.2) is 37.9 Å². The minimum absolute atomic E-state index is 0.000505. The molecule has 5 aromatic rings.